The van der Waals surface area contributed by atoms with Crippen LogP contribution in [0.15, 0.2) is 0 Å². The van der Waals surface area contributed by atoms with Gasteiger partial charge in [-0.3, -0.25) is 4.90 Å². The molecule has 2 aliphatic rings. The first-order valence-electron chi connectivity index (χ1n) is 7.20. The normalized spacial score (nSPS) is 32.1. The molecule has 1 aliphatic carbocycles. The minimum atomic E-state index is 0.828. The van der Waals surface area contributed by atoms with Gasteiger partial charge in [-0.15, -0.1) is 0 Å². The van der Waals surface area contributed by atoms with Crippen molar-refractivity contribution in [3.05, 3.63) is 0 Å². The monoisotopic (exact) mass is 224 g/mol. The number of nitrogens with zero attached hydrogens (tertiary/aromatic N) is 1. The number of likely N-dealkylation sites (N-methyl/N-ethyl adjacent to an activating group) is 1. The standard InChI is InChI=1S/C14H28N2/c1-4-16(12-9-15-10-12)14-8-6-5-7-13(14)11(2)3/h11-15H,4-10H2,1-3H3. The molecule has 2 atom stereocenters. The van der Waals surface area contributed by atoms with Crippen molar-refractivity contribution in [1.29, 1.82) is 0 Å². The average Bonchev–Trinajstić information content (AvgIpc) is 2.23. The van der Waals surface area contributed by atoms with E-state index in [1.54, 1.807) is 0 Å². The zero-order chi connectivity index (χ0) is 11.5. The molecular formula is C14H28N2. The molecule has 2 rings (SSSR count). The Morgan fingerprint density at radius 3 is 2.38 bits per heavy atom. The zero-order valence-corrected chi connectivity index (χ0v) is 11.2. The molecular weight excluding hydrogens is 196 g/mol. The SMILES string of the molecule is CCN(C1CNC1)C1CCCCC1C(C)C. The summed E-state index contributed by atoms with van der Waals surface area (Å²) in [6.07, 6.45) is 5.80. The second kappa shape index (κ2) is 5.50. The topological polar surface area (TPSA) is 15.3 Å². The van der Waals surface area contributed by atoms with Gasteiger partial charge in [-0.05, 0) is 31.2 Å². The summed E-state index contributed by atoms with van der Waals surface area (Å²) in [5, 5.41) is 3.42. The Bertz CT molecular complexity index is 211. The van der Waals surface area contributed by atoms with Gasteiger partial charge in [0.05, 0.1) is 0 Å². The van der Waals surface area contributed by atoms with Gasteiger partial charge in [0.15, 0.2) is 0 Å². The summed E-state index contributed by atoms with van der Waals surface area (Å²) in [6, 6.07) is 1.69. The minimum Gasteiger partial charge on any atom is -0.314 e. The Kier molecular flexibility index (Phi) is 4.26. The predicted octanol–water partition coefficient (Wildman–Crippen LogP) is 2.49. The van der Waals surface area contributed by atoms with Crippen molar-refractivity contribution >= 4 is 0 Å². The van der Waals surface area contributed by atoms with Crippen LogP contribution in [0.3, 0.4) is 0 Å². The maximum absolute atomic E-state index is 3.42. The Labute approximate surface area is 101 Å². The zero-order valence-electron chi connectivity index (χ0n) is 11.2. The van der Waals surface area contributed by atoms with E-state index in [4.69, 9.17) is 0 Å². The summed E-state index contributed by atoms with van der Waals surface area (Å²) in [7, 11) is 0. The fourth-order valence-electron chi connectivity index (χ4n) is 3.60. The van der Waals surface area contributed by atoms with Crippen molar-refractivity contribution in [2.24, 2.45) is 11.8 Å². The Balaban J connectivity index is 2.01. The molecule has 0 radical (unpaired) electrons. The van der Waals surface area contributed by atoms with Crippen LogP contribution >= 0.6 is 0 Å². The third kappa shape index (κ3) is 2.43. The summed E-state index contributed by atoms with van der Waals surface area (Å²) in [5.74, 6) is 1.79. The van der Waals surface area contributed by atoms with E-state index < -0.39 is 0 Å². The largest absolute Gasteiger partial charge is 0.314 e. The van der Waals surface area contributed by atoms with Crippen LogP contribution in [-0.4, -0.2) is 36.6 Å². The molecule has 16 heavy (non-hydrogen) atoms. The quantitative estimate of drug-likeness (QED) is 0.789. The van der Waals surface area contributed by atoms with Crippen LogP contribution in [0, 0.1) is 11.8 Å². The lowest BCUT2D eigenvalue weighted by Gasteiger charge is -2.48. The molecule has 1 saturated heterocycles. The van der Waals surface area contributed by atoms with Crippen molar-refractivity contribution in [2.75, 3.05) is 19.6 Å². The predicted molar refractivity (Wildman–Crippen MR) is 69.6 cm³/mol. The summed E-state index contributed by atoms with van der Waals surface area (Å²) < 4.78 is 0. The van der Waals surface area contributed by atoms with Gasteiger partial charge in [-0.1, -0.05) is 33.6 Å². The van der Waals surface area contributed by atoms with Crippen LogP contribution in [0.1, 0.15) is 46.5 Å². The van der Waals surface area contributed by atoms with E-state index in [0.717, 1.165) is 23.9 Å². The van der Waals surface area contributed by atoms with Crippen LogP contribution in [0.5, 0.6) is 0 Å². The van der Waals surface area contributed by atoms with Gasteiger partial charge >= 0.3 is 0 Å². The van der Waals surface area contributed by atoms with E-state index in [-0.39, 0.29) is 0 Å². The first-order valence-corrected chi connectivity index (χ1v) is 7.20. The maximum Gasteiger partial charge on any atom is 0.0348 e. The summed E-state index contributed by atoms with van der Waals surface area (Å²) >= 11 is 0. The molecule has 0 aromatic rings. The van der Waals surface area contributed by atoms with Crippen molar-refractivity contribution in [1.82, 2.24) is 10.2 Å². The number of hydrogen-bond acceptors (Lipinski definition) is 2. The van der Waals surface area contributed by atoms with E-state index >= 15 is 0 Å². The third-order valence-corrected chi connectivity index (χ3v) is 4.66. The summed E-state index contributed by atoms with van der Waals surface area (Å²) in [4.78, 5) is 2.79. The van der Waals surface area contributed by atoms with E-state index in [0.29, 0.717) is 0 Å². The Morgan fingerprint density at radius 2 is 1.88 bits per heavy atom. The fourth-order valence-corrected chi connectivity index (χ4v) is 3.60. The second-order valence-corrected chi connectivity index (χ2v) is 5.90. The van der Waals surface area contributed by atoms with Gasteiger partial charge in [0, 0.05) is 25.2 Å². The molecule has 1 aliphatic heterocycles. The van der Waals surface area contributed by atoms with Gasteiger partial charge in [0.1, 0.15) is 0 Å². The molecule has 1 N–H and O–H groups in total. The number of hydrogen-bond donors (Lipinski definition) is 1. The Hall–Kier alpha value is -0.0800. The molecule has 2 fully saturated rings. The molecule has 0 aromatic heterocycles. The van der Waals surface area contributed by atoms with Crippen LogP contribution < -0.4 is 5.32 Å². The van der Waals surface area contributed by atoms with E-state index in [2.05, 4.69) is 31.0 Å². The lowest BCUT2D eigenvalue weighted by atomic mass is 9.76. The van der Waals surface area contributed by atoms with Crippen molar-refractivity contribution < 1.29 is 0 Å². The lowest BCUT2D eigenvalue weighted by Crippen LogP contribution is -2.61. The molecule has 2 unspecified atom stereocenters. The third-order valence-electron chi connectivity index (χ3n) is 4.66. The van der Waals surface area contributed by atoms with Crippen LogP contribution in [0.2, 0.25) is 0 Å². The van der Waals surface area contributed by atoms with Crippen LogP contribution in [0.25, 0.3) is 0 Å². The van der Waals surface area contributed by atoms with Crippen LogP contribution in [-0.2, 0) is 0 Å². The highest BCUT2D eigenvalue weighted by molar-refractivity contribution is 4.92. The smallest absolute Gasteiger partial charge is 0.0348 e. The average molecular weight is 224 g/mol. The van der Waals surface area contributed by atoms with Gasteiger partial charge in [0.25, 0.3) is 0 Å². The molecule has 2 nitrogen and oxygen atoms in total. The highest BCUT2D eigenvalue weighted by atomic mass is 15.3. The molecule has 0 aromatic carbocycles. The molecule has 0 amide bonds. The molecule has 0 spiro atoms. The van der Waals surface area contributed by atoms with E-state index in [1.165, 1.54) is 45.3 Å². The fraction of sp³-hybridized carbons (Fsp3) is 1.00. The highest BCUT2D eigenvalue weighted by Crippen LogP contribution is 2.34. The van der Waals surface area contributed by atoms with Crippen molar-refractivity contribution in [2.45, 2.75) is 58.5 Å². The first-order chi connectivity index (χ1) is 7.74. The van der Waals surface area contributed by atoms with E-state index in [9.17, 15) is 0 Å². The molecule has 1 heterocycles. The molecule has 1 saturated carbocycles. The van der Waals surface area contributed by atoms with E-state index in [1.807, 2.05) is 0 Å². The van der Waals surface area contributed by atoms with Crippen molar-refractivity contribution in [3.63, 3.8) is 0 Å². The lowest BCUT2D eigenvalue weighted by molar-refractivity contribution is 0.0289. The maximum atomic E-state index is 3.42. The Morgan fingerprint density at radius 1 is 1.19 bits per heavy atom. The highest BCUT2D eigenvalue weighted by Gasteiger charge is 2.36. The molecule has 94 valence electrons. The molecule has 0 bridgehead atoms. The van der Waals surface area contributed by atoms with Crippen LogP contribution in [0.4, 0.5) is 0 Å². The van der Waals surface area contributed by atoms with Gasteiger partial charge < -0.3 is 5.32 Å². The second-order valence-electron chi connectivity index (χ2n) is 5.90. The van der Waals surface area contributed by atoms with Gasteiger partial charge in [0.2, 0.25) is 0 Å². The van der Waals surface area contributed by atoms with Crippen molar-refractivity contribution in [3.8, 4) is 0 Å². The minimum absolute atomic E-state index is 0.828. The van der Waals surface area contributed by atoms with Gasteiger partial charge in [-0.2, -0.15) is 0 Å². The molecule has 2 heteroatoms. The summed E-state index contributed by atoms with van der Waals surface area (Å²) in [5.41, 5.74) is 0. The number of rotatable bonds is 4. The summed E-state index contributed by atoms with van der Waals surface area (Å²) in [6.45, 7) is 10.8. The first kappa shape index (κ1) is 12.4. The van der Waals surface area contributed by atoms with Gasteiger partial charge in [-0.25, -0.2) is 0 Å². The number of nitrogens with one attached hydrogen (secondary N) is 1.